The molecule has 0 amide bonds. The number of unbranched alkanes of at least 4 members (excludes halogenated alkanes) is 31. The van der Waals surface area contributed by atoms with Crippen molar-refractivity contribution in [3.63, 3.8) is 0 Å². The van der Waals surface area contributed by atoms with Crippen molar-refractivity contribution in [2.75, 3.05) is 54.1 Å². The smallest absolute Gasteiger partial charge is 0.457 e. The summed E-state index contributed by atoms with van der Waals surface area (Å²) in [5.41, 5.74) is 0. The van der Waals surface area contributed by atoms with Crippen molar-refractivity contribution in [1.29, 1.82) is 0 Å². The number of carbonyl (C=O) groups is 1. The number of likely N-dealkylation sites (N-methyl/N-ethyl adjacent to an activating group) is 1. The highest BCUT2D eigenvalue weighted by atomic mass is 31.2. The lowest BCUT2D eigenvalue weighted by molar-refractivity contribution is -0.870. The second-order valence-corrected chi connectivity index (χ2v) is 23.2. The van der Waals surface area contributed by atoms with Crippen LogP contribution in [0.5, 0.6) is 0 Å². The van der Waals surface area contributed by atoms with Gasteiger partial charge in [0, 0.05) is 13.0 Å². The normalized spacial score (nSPS) is 13.9. The zero-order valence-corrected chi connectivity index (χ0v) is 49.5. The number of carbonyl (C=O) groups excluding carboxylic acids is 1. The van der Waals surface area contributed by atoms with Crippen LogP contribution < -0.4 is 0 Å². The molecule has 0 spiro atoms. The van der Waals surface area contributed by atoms with Crippen LogP contribution in [0.1, 0.15) is 271 Å². The van der Waals surface area contributed by atoms with Crippen LogP contribution in [0.15, 0.2) is 72.9 Å². The number of rotatable bonds is 57. The fourth-order valence-electron chi connectivity index (χ4n) is 8.58. The van der Waals surface area contributed by atoms with Gasteiger partial charge in [0.1, 0.15) is 19.3 Å². The average Bonchev–Trinajstić information content (AvgIpc) is 3.35. The molecule has 0 heterocycles. The number of allylic oxidation sites excluding steroid dienone is 12. The molecule has 0 aliphatic rings. The molecule has 2 unspecified atom stereocenters. The number of ether oxygens (including phenoxy) is 2. The fraction of sp³-hybridized carbons (Fsp3) is 0.797. The number of hydrogen-bond donors (Lipinski definition) is 1. The van der Waals surface area contributed by atoms with Crippen molar-refractivity contribution < 1.29 is 37.3 Å². The van der Waals surface area contributed by atoms with Crippen molar-refractivity contribution in [1.82, 2.24) is 0 Å². The van der Waals surface area contributed by atoms with Gasteiger partial charge in [0.15, 0.2) is 0 Å². The number of phosphoric ester groups is 1. The van der Waals surface area contributed by atoms with Crippen LogP contribution in [0.3, 0.4) is 0 Å². The Bertz CT molecular complexity index is 1400. The maximum Gasteiger partial charge on any atom is 0.472 e. The Morgan fingerprint density at radius 1 is 0.438 bits per heavy atom. The van der Waals surface area contributed by atoms with E-state index in [0.29, 0.717) is 24.1 Å². The molecule has 9 heteroatoms. The molecule has 8 nitrogen and oxygen atoms in total. The molecule has 0 aliphatic carbocycles. The van der Waals surface area contributed by atoms with Gasteiger partial charge in [0.2, 0.25) is 0 Å². The molecule has 0 saturated carbocycles. The minimum absolute atomic E-state index is 0.0867. The Balaban J connectivity index is 4.04. The third-order valence-electron chi connectivity index (χ3n) is 13.3. The molecule has 0 aromatic rings. The summed E-state index contributed by atoms with van der Waals surface area (Å²) in [6.07, 6.45) is 75.5. The van der Waals surface area contributed by atoms with Crippen molar-refractivity contribution >= 4 is 13.8 Å². The largest absolute Gasteiger partial charge is 0.472 e. The van der Waals surface area contributed by atoms with Gasteiger partial charge in [-0.2, -0.15) is 0 Å². The molecule has 0 aliphatic heterocycles. The maximum atomic E-state index is 12.8. The molecule has 1 N–H and O–H groups in total. The van der Waals surface area contributed by atoms with Gasteiger partial charge in [-0.1, -0.05) is 254 Å². The van der Waals surface area contributed by atoms with Crippen molar-refractivity contribution in [3.8, 4) is 0 Å². The predicted octanol–water partition coefficient (Wildman–Crippen LogP) is 19.7. The quantitative estimate of drug-likeness (QED) is 0.0213. The predicted molar refractivity (Wildman–Crippen MR) is 316 cm³/mol. The summed E-state index contributed by atoms with van der Waals surface area (Å²) < 4.78 is 35.3. The molecular weight excluding hydrogens is 926 g/mol. The van der Waals surface area contributed by atoms with Gasteiger partial charge in [0.25, 0.3) is 0 Å². The second-order valence-electron chi connectivity index (χ2n) is 21.7. The zero-order chi connectivity index (χ0) is 53.3. The lowest BCUT2D eigenvalue weighted by atomic mass is 10.0. The van der Waals surface area contributed by atoms with E-state index >= 15 is 0 Å². The van der Waals surface area contributed by atoms with Crippen LogP contribution in [0.2, 0.25) is 0 Å². The van der Waals surface area contributed by atoms with Crippen LogP contribution in [-0.4, -0.2) is 75.6 Å². The van der Waals surface area contributed by atoms with Crippen LogP contribution >= 0.6 is 7.82 Å². The highest BCUT2D eigenvalue weighted by Gasteiger charge is 2.26. The molecule has 0 aromatic heterocycles. The van der Waals surface area contributed by atoms with Crippen molar-refractivity contribution in [2.45, 2.75) is 277 Å². The SMILES string of the molecule is CC/C=C\C/C=C\C/C=C\C/C=C\CCCCCCCCCCCCCCCOCC(COP(=O)(O)OCC[N+](C)(C)C)OC(=O)CCCCCCCCCCCCCCC/C=C\C/C=C\CCCCCCC. The highest BCUT2D eigenvalue weighted by molar-refractivity contribution is 7.47. The minimum atomic E-state index is -4.29. The second kappa shape index (κ2) is 56.2. The summed E-state index contributed by atoms with van der Waals surface area (Å²) in [5, 5.41) is 0. The summed E-state index contributed by atoms with van der Waals surface area (Å²) in [6, 6.07) is 0. The molecule has 0 aromatic carbocycles. The van der Waals surface area contributed by atoms with Crippen LogP contribution in [0.4, 0.5) is 0 Å². The third kappa shape index (κ3) is 60.7. The van der Waals surface area contributed by atoms with E-state index in [9.17, 15) is 14.3 Å². The first kappa shape index (κ1) is 70.9. The van der Waals surface area contributed by atoms with Gasteiger partial charge < -0.3 is 18.9 Å². The molecule has 0 bridgehead atoms. The van der Waals surface area contributed by atoms with E-state index in [-0.39, 0.29) is 25.8 Å². The average molecular weight is 1050 g/mol. The van der Waals surface area contributed by atoms with Gasteiger partial charge in [-0.05, 0) is 83.5 Å². The number of nitrogens with zero attached hydrogens (tertiary/aromatic N) is 1. The Morgan fingerprint density at radius 2 is 0.795 bits per heavy atom. The van der Waals surface area contributed by atoms with Crippen LogP contribution in [0, 0.1) is 0 Å². The summed E-state index contributed by atoms with van der Waals surface area (Å²) in [6.45, 7) is 5.53. The number of quaternary nitrogens is 1. The van der Waals surface area contributed by atoms with E-state index in [4.69, 9.17) is 18.5 Å². The minimum Gasteiger partial charge on any atom is -0.457 e. The van der Waals surface area contributed by atoms with E-state index in [0.717, 1.165) is 64.2 Å². The zero-order valence-electron chi connectivity index (χ0n) is 48.6. The molecule has 73 heavy (non-hydrogen) atoms. The first-order chi connectivity index (χ1) is 35.6. The van der Waals surface area contributed by atoms with E-state index in [1.54, 1.807) is 0 Å². The lowest BCUT2D eigenvalue weighted by Crippen LogP contribution is -2.37. The fourth-order valence-corrected chi connectivity index (χ4v) is 9.32. The van der Waals surface area contributed by atoms with Gasteiger partial charge in [-0.15, -0.1) is 0 Å². The highest BCUT2D eigenvalue weighted by Crippen LogP contribution is 2.43. The summed E-state index contributed by atoms with van der Waals surface area (Å²) in [4.78, 5) is 23.1. The number of phosphoric acid groups is 1. The standard InChI is InChI=1S/C64H118NO7P/c1-6-8-10-12-14-16-18-20-22-24-26-28-30-32-34-36-38-40-42-44-46-48-50-52-54-56-59-69-61-63(62-71-73(67,68)70-60-58-65(3,4)5)72-64(66)57-55-53-51-49-47-45-43-41-39-37-35-33-31-29-27-25-23-21-19-17-15-13-11-9-7-2/h8,10,14,16,19-22,25-28,63H,6-7,9,11-13,15,17-18,23-24,29-62H2,1-5H3/p+1/b10-8-,16-14-,21-19-,22-20-,27-25-,28-26-. The summed E-state index contributed by atoms with van der Waals surface area (Å²) in [7, 11) is 1.67. The molecular formula is C64H119NO7P+. The summed E-state index contributed by atoms with van der Waals surface area (Å²) in [5.74, 6) is -0.313. The molecule has 0 rings (SSSR count). The maximum absolute atomic E-state index is 12.8. The van der Waals surface area contributed by atoms with Crippen LogP contribution in [-0.2, 0) is 27.9 Å². The van der Waals surface area contributed by atoms with Crippen LogP contribution in [0.25, 0.3) is 0 Å². The van der Waals surface area contributed by atoms with Gasteiger partial charge in [0.05, 0.1) is 34.4 Å². The molecule has 0 radical (unpaired) electrons. The Labute approximate surface area is 453 Å². The first-order valence-electron chi connectivity index (χ1n) is 30.7. The van der Waals surface area contributed by atoms with Gasteiger partial charge in [-0.25, -0.2) is 4.57 Å². The van der Waals surface area contributed by atoms with Gasteiger partial charge >= 0.3 is 13.8 Å². The first-order valence-corrected chi connectivity index (χ1v) is 32.2. The third-order valence-corrected chi connectivity index (χ3v) is 14.2. The van der Waals surface area contributed by atoms with E-state index in [1.165, 1.54) is 186 Å². The van der Waals surface area contributed by atoms with Gasteiger partial charge in [-0.3, -0.25) is 13.8 Å². The Kier molecular flexibility index (Phi) is 54.6. The van der Waals surface area contributed by atoms with E-state index in [1.807, 2.05) is 21.1 Å². The number of esters is 1. The molecule has 0 saturated heterocycles. The summed E-state index contributed by atoms with van der Waals surface area (Å²) >= 11 is 0. The molecule has 426 valence electrons. The number of hydrogen-bond acceptors (Lipinski definition) is 6. The molecule has 0 fully saturated rings. The van der Waals surface area contributed by atoms with Crippen molar-refractivity contribution in [3.05, 3.63) is 72.9 Å². The molecule has 2 atom stereocenters. The Hall–Kier alpha value is -2.06. The lowest BCUT2D eigenvalue weighted by Gasteiger charge is -2.24. The van der Waals surface area contributed by atoms with Crippen molar-refractivity contribution in [2.24, 2.45) is 0 Å². The topological polar surface area (TPSA) is 91.3 Å². The Morgan fingerprint density at radius 3 is 1.19 bits per heavy atom. The monoisotopic (exact) mass is 1040 g/mol. The van der Waals surface area contributed by atoms with E-state index in [2.05, 4.69) is 86.8 Å². The van der Waals surface area contributed by atoms with E-state index < -0.39 is 13.9 Å².